The lowest BCUT2D eigenvalue weighted by Crippen LogP contribution is -2.48. The maximum Gasteiger partial charge on any atom is 0.308 e. The fourth-order valence-electron chi connectivity index (χ4n) is 4.18. The fourth-order valence-corrected chi connectivity index (χ4v) is 4.36. The summed E-state index contributed by atoms with van der Waals surface area (Å²) >= 11 is 6.02. The second-order valence-electron chi connectivity index (χ2n) is 9.96. The average molecular weight is 629 g/mol. The number of ether oxygens (including phenoxy) is 2. The van der Waals surface area contributed by atoms with Crippen molar-refractivity contribution in [2.75, 3.05) is 13.2 Å². The van der Waals surface area contributed by atoms with Crippen molar-refractivity contribution in [3.05, 3.63) is 75.2 Å². The Labute approximate surface area is 248 Å². The Morgan fingerprint density at radius 1 is 1.05 bits per heavy atom. The summed E-state index contributed by atoms with van der Waals surface area (Å²) in [5.74, 6) is -12.2. The summed E-state index contributed by atoms with van der Waals surface area (Å²) in [4.78, 5) is 52.3. The second kappa shape index (κ2) is 14.5. The molecule has 232 valence electrons. The first-order chi connectivity index (χ1) is 20.3. The molecule has 0 spiro atoms. The van der Waals surface area contributed by atoms with Crippen LogP contribution in [0, 0.1) is 29.2 Å². The molecule has 2 aromatic carbocycles. The van der Waals surface area contributed by atoms with Crippen molar-refractivity contribution >= 4 is 40.0 Å². The fraction of sp³-hybridized carbons (Fsp3) is 0.379. The van der Waals surface area contributed by atoms with Gasteiger partial charge in [-0.1, -0.05) is 38.4 Å². The van der Waals surface area contributed by atoms with Gasteiger partial charge in [0.1, 0.15) is 24.8 Å². The Hall–Kier alpha value is -3.97. The zero-order chi connectivity index (χ0) is 32.0. The molecule has 9 nitrogen and oxygen atoms in total. The minimum absolute atomic E-state index is 0.0434. The van der Waals surface area contributed by atoms with E-state index in [1.54, 1.807) is 39.0 Å². The second-order valence-corrected chi connectivity index (χ2v) is 10.4. The van der Waals surface area contributed by atoms with Crippen molar-refractivity contribution < 1.29 is 46.5 Å². The van der Waals surface area contributed by atoms with Crippen LogP contribution in [-0.2, 0) is 19.1 Å². The van der Waals surface area contributed by atoms with Crippen LogP contribution in [0.3, 0.4) is 0 Å². The van der Waals surface area contributed by atoms with Gasteiger partial charge in [0.2, 0.25) is 17.5 Å². The average Bonchev–Trinajstić information content (AvgIpc) is 2.96. The number of aliphatic hydroxyl groups excluding tert-OH is 1. The zero-order valence-corrected chi connectivity index (χ0v) is 24.1. The number of Topliss-reactive ketones (excluding diaryl/α,β-unsaturated/α-hetero) is 1. The summed E-state index contributed by atoms with van der Waals surface area (Å²) < 4.78 is 66.3. The number of carbonyl (C=O) groups is 3. The summed E-state index contributed by atoms with van der Waals surface area (Å²) in [5, 5.41) is 12.9. The van der Waals surface area contributed by atoms with E-state index in [4.69, 9.17) is 21.1 Å². The van der Waals surface area contributed by atoms with Crippen LogP contribution in [0.5, 0.6) is 5.75 Å². The van der Waals surface area contributed by atoms with E-state index in [9.17, 15) is 41.8 Å². The van der Waals surface area contributed by atoms with Gasteiger partial charge in [0.15, 0.2) is 23.2 Å². The molecule has 0 aliphatic heterocycles. The van der Waals surface area contributed by atoms with Crippen LogP contribution in [0.1, 0.15) is 39.7 Å². The molecule has 3 rings (SSSR count). The first-order valence-electron chi connectivity index (χ1n) is 13.2. The number of benzene rings is 2. The molecule has 3 atom stereocenters. The highest BCUT2D eigenvalue weighted by Gasteiger charge is 2.31. The van der Waals surface area contributed by atoms with Gasteiger partial charge in [0.25, 0.3) is 5.56 Å². The predicted octanol–water partition coefficient (Wildman–Crippen LogP) is 4.25. The van der Waals surface area contributed by atoms with Crippen molar-refractivity contribution in [3.63, 3.8) is 0 Å². The Kier molecular flexibility index (Phi) is 11.3. The number of carbonyl (C=O) groups excluding carboxylic acids is 3. The molecule has 43 heavy (non-hydrogen) atoms. The van der Waals surface area contributed by atoms with Crippen LogP contribution in [0.2, 0.25) is 5.02 Å². The lowest BCUT2D eigenvalue weighted by Gasteiger charge is -2.24. The number of pyridine rings is 1. The molecule has 0 saturated heterocycles. The molecule has 0 aliphatic rings. The molecular formula is C29H29ClF4N2O7. The molecule has 3 aromatic rings. The normalized spacial score (nSPS) is 13.4. The summed E-state index contributed by atoms with van der Waals surface area (Å²) in [6.45, 7) is 3.16. The van der Waals surface area contributed by atoms with Gasteiger partial charge in [-0.2, -0.15) is 8.78 Å². The first-order valence-corrected chi connectivity index (χ1v) is 13.6. The molecule has 1 heterocycles. The lowest BCUT2D eigenvalue weighted by molar-refractivity contribution is -0.155. The zero-order valence-electron chi connectivity index (χ0n) is 23.3. The van der Waals surface area contributed by atoms with E-state index in [-0.39, 0.29) is 28.8 Å². The van der Waals surface area contributed by atoms with Crippen molar-refractivity contribution in [2.24, 2.45) is 5.92 Å². The number of aromatic nitrogens is 1. The van der Waals surface area contributed by atoms with Crippen molar-refractivity contribution in [1.82, 2.24) is 9.88 Å². The lowest BCUT2D eigenvalue weighted by atomic mass is 10.1. The highest BCUT2D eigenvalue weighted by molar-refractivity contribution is 6.31. The Bertz CT molecular complexity index is 1550. The molecule has 0 aliphatic carbocycles. The van der Waals surface area contributed by atoms with Crippen molar-refractivity contribution in [2.45, 2.75) is 51.8 Å². The third-order valence-corrected chi connectivity index (χ3v) is 6.87. The SMILES string of the molecule is CC[C@@H](C(=O)NC(CC(=O)OC(CO)C(C)C)C(=O)COc1c(F)c(F)cc(F)c1F)n1ccc2ccc(Cl)cc2c1=O. The summed E-state index contributed by atoms with van der Waals surface area (Å²) in [5.41, 5.74) is -0.561. The standard InChI is InChI=1S/C29H29ClF4N2O7/c1-4-21(36-8-7-15-5-6-16(30)9-17(15)29(36)41)28(40)35-20(11-24(39)43-23(12-37)14(2)3)22(38)13-42-27-25(33)18(31)10-19(32)26(27)34/h5-10,14,20-21,23,37H,4,11-13H2,1-3H3,(H,35,40)/t20?,21-,23?/m0/s1. The summed E-state index contributed by atoms with van der Waals surface area (Å²) in [6.07, 6.45) is -0.323. The van der Waals surface area contributed by atoms with Gasteiger partial charge in [-0.05, 0) is 35.9 Å². The number of hydrogen-bond acceptors (Lipinski definition) is 7. The van der Waals surface area contributed by atoms with Gasteiger partial charge >= 0.3 is 5.97 Å². The van der Waals surface area contributed by atoms with Gasteiger partial charge in [-0.25, -0.2) is 8.78 Å². The van der Waals surface area contributed by atoms with E-state index in [0.717, 1.165) is 4.57 Å². The molecule has 1 aromatic heterocycles. The maximum atomic E-state index is 14.1. The van der Waals surface area contributed by atoms with Gasteiger partial charge in [0, 0.05) is 22.7 Å². The quantitative estimate of drug-likeness (QED) is 0.165. The van der Waals surface area contributed by atoms with Gasteiger partial charge in [0.05, 0.1) is 13.0 Å². The number of nitrogens with one attached hydrogen (secondary N) is 1. The monoisotopic (exact) mass is 628 g/mol. The van der Waals surface area contributed by atoms with E-state index < -0.39 is 90.1 Å². The number of rotatable bonds is 13. The van der Waals surface area contributed by atoms with Crippen molar-refractivity contribution in [1.29, 1.82) is 0 Å². The number of esters is 1. The van der Waals surface area contributed by atoms with E-state index in [1.807, 2.05) is 0 Å². The number of hydrogen-bond donors (Lipinski definition) is 2. The molecule has 2 N–H and O–H groups in total. The number of halogens is 5. The van der Waals surface area contributed by atoms with Gasteiger partial charge < -0.3 is 24.5 Å². The van der Waals surface area contributed by atoms with Crippen LogP contribution in [0.4, 0.5) is 17.6 Å². The smallest absolute Gasteiger partial charge is 0.308 e. The number of fused-ring (bicyclic) bond motifs is 1. The largest absolute Gasteiger partial charge is 0.479 e. The van der Waals surface area contributed by atoms with Crippen LogP contribution in [0.15, 0.2) is 41.3 Å². The predicted molar refractivity (Wildman–Crippen MR) is 148 cm³/mol. The van der Waals surface area contributed by atoms with Crippen molar-refractivity contribution in [3.8, 4) is 5.75 Å². The van der Waals surface area contributed by atoms with E-state index >= 15 is 0 Å². The molecule has 0 bridgehead atoms. The Balaban J connectivity index is 1.90. The van der Waals surface area contributed by atoms with Crippen LogP contribution in [0.25, 0.3) is 10.8 Å². The maximum absolute atomic E-state index is 14.1. The van der Waals surface area contributed by atoms with Crippen LogP contribution < -0.4 is 15.6 Å². The number of amides is 1. The molecular weight excluding hydrogens is 600 g/mol. The third kappa shape index (κ3) is 7.90. The molecule has 0 radical (unpaired) electrons. The third-order valence-electron chi connectivity index (χ3n) is 6.63. The van der Waals surface area contributed by atoms with Gasteiger partial charge in [-0.15, -0.1) is 0 Å². The summed E-state index contributed by atoms with van der Waals surface area (Å²) in [6, 6.07) is 3.27. The Morgan fingerprint density at radius 2 is 1.70 bits per heavy atom. The molecule has 0 fully saturated rings. The van der Waals surface area contributed by atoms with E-state index in [0.29, 0.717) is 5.39 Å². The molecule has 1 amide bonds. The number of aliphatic hydroxyl groups is 1. The number of nitrogens with zero attached hydrogens (tertiary/aromatic N) is 1. The number of ketones is 1. The van der Waals surface area contributed by atoms with E-state index in [2.05, 4.69) is 5.32 Å². The molecule has 2 unspecified atom stereocenters. The topological polar surface area (TPSA) is 124 Å². The minimum atomic E-state index is -1.89. The van der Waals surface area contributed by atoms with Crippen LogP contribution in [-0.4, -0.2) is 52.7 Å². The van der Waals surface area contributed by atoms with Crippen LogP contribution >= 0.6 is 11.6 Å². The Morgan fingerprint density at radius 3 is 2.28 bits per heavy atom. The van der Waals surface area contributed by atoms with Gasteiger partial charge in [-0.3, -0.25) is 19.2 Å². The van der Waals surface area contributed by atoms with E-state index in [1.165, 1.54) is 12.3 Å². The molecule has 0 saturated carbocycles. The minimum Gasteiger partial charge on any atom is -0.479 e. The molecule has 14 heteroatoms. The first kappa shape index (κ1) is 33.5. The summed E-state index contributed by atoms with van der Waals surface area (Å²) in [7, 11) is 0. The highest BCUT2D eigenvalue weighted by Crippen LogP contribution is 2.26. The highest BCUT2D eigenvalue weighted by atomic mass is 35.5.